The number of unbranched alkanes of at least 4 members (excludes halogenated alkanes) is 3. The van der Waals surface area contributed by atoms with Crippen molar-refractivity contribution >= 4 is 23.7 Å². The minimum absolute atomic E-state index is 0.227. The van der Waals surface area contributed by atoms with Gasteiger partial charge in [0.2, 0.25) is 0 Å². The molecular formula is C40H54O5S. The fraction of sp³-hybridized carbons (Fsp3) is 0.500. The van der Waals surface area contributed by atoms with Gasteiger partial charge in [0.15, 0.2) is 0 Å². The zero-order valence-corrected chi connectivity index (χ0v) is 30.1. The van der Waals surface area contributed by atoms with E-state index >= 15 is 0 Å². The maximum atomic E-state index is 12.9. The molecule has 0 atom stereocenters. The lowest BCUT2D eigenvalue weighted by atomic mass is 9.78. The number of phenolic OH excluding ortho intramolecular Hbond substituents is 1. The standard InChI is InChI=1S/C40H54O5S/c1-9-10-11-12-15-30-16-13-14-17-34(30)44-36(41)20-22-46-23-21-37(42)45-35-19-18-28(2)24-31(35)25-29-26-32(39(3,4)5)38(43)33(27-29)40(6,7)8/h13-14,16-19,24,26-27,43H,9-12,15,20-23,25H2,1-8H3. The Kier molecular flexibility index (Phi) is 13.8. The molecule has 0 heterocycles. The van der Waals surface area contributed by atoms with Crippen LogP contribution in [0.15, 0.2) is 54.6 Å². The van der Waals surface area contributed by atoms with Crippen LogP contribution in [0.4, 0.5) is 0 Å². The number of phenols is 1. The van der Waals surface area contributed by atoms with Gasteiger partial charge < -0.3 is 14.6 Å². The van der Waals surface area contributed by atoms with Crippen LogP contribution in [0, 0.1) is 6.92 Å². The Hall–Kier alpha value is -3.25. The SMILES string of the molecule is CCCCCCc1ccccc1OC(=O)CCSCCC(=O)Oc1ccc(C)cc1Cc1cc(C(C)(C)C)c(O)c(C(C)(C)C)c1. The van der Waals surface area contributed by atoms with E-state index in [0.29, 0.717) is 35.2 Å². The Balaban J connectivity index is 1.55. The fourth-order valence-electron chi connectivity index (χ4n) is 5.42. The van der Waals surface area contributed by atoms with E-state index in [0.717, 1.165) is 46.2 Å². The van der Waals surface area contributed by atoms with Gasteiger partial charge in [-0.1, -0.05) is 116 Å². The van der Waals surface area contributed by atoms with Gasteiger partial charge in [0, 0.05) is 17.9 Å². The average molecular weight is 647 g/mol. The van der Waals surface area contributed by atoms with E-state index in [1.807, 2.05) is 43.3 Å². The Morgan fingerprint density at radius 3 is 1.87 bits per heavy atom. The van der Waals surface area contributed by atoms with E-state index < -0.39 is 0 Å². The summed E-state index contributed by atoms with van der Waals surface area (Å²) in [6, 6.07) is 17.8. The number of rotatable bonds is 15. The van der Waals surface area contributed by atoms with Crippen LogP contribution in [0.5, 0.6) is 17.2 Å². The summed E-state index contributed by atoms with van der Waals surface area (Å²) in [6.07, 6.45) is 6.69. The van der Waals surface area contributed by atoms with Gasteiger partial charge in [-0.2, -0.15) is 11.8 Å². The molecule has 6 heteroatoms. The molecule has 3 rings (SSSR count). The van der Waals surface area contributed by atoms with E-state index in [4.69, 9.17) is 9.47 Å². The highest BCUT2D eigenvalue weighted by molar-refractivity contribution is 7.99. The molecule has 0 radical (unpaired) electrons. The maximum Gasteiger partial charge on any atom is 0.312 e. The highest BCUT2D eigenvalue weighted by Gasteiger charge is 2.27. The highest BCUT2D eigenvalue weighted by atomic mass is 32.2. The predicted octanol–water partition coefficient (Wildman–Crippen LogP) is 10.0. The summed E-state index contributed by atoms with van der Waals surface area (Å²) in [4.78, 5) is 25.4. The summed E-state index contributed by atoms with van der Waals surface area (Å²) in [5, 5.41) is 11.1. The number of aryl methyl sites for hydroxylation is 2. The number of hydrogen-bond donors (Lipinski definition) is 1. The van der Waals surface area contributed by atoms with Crippen LogP contribution >= 0.6 is 11.8 Å². The largest absolute Gasteiger partial charge is 0.507 e. The third kappa shape index (κ3) is 11.5. The van der Waals surface area contributed by atoms with Gasteiger partial charge in [-0.3, -0.25) is 9.59 Å². The van der Waals surface area contributed by atoms with Gasteiger partial charge in [-0.05, 0) is 70.5 Å². The molecule has 0 bridgehead atoms. The first-order valence-corrected chi connectivity index (χ1v) is 17.9. The first-order chi connectivity index (χ1) is 21.7. The van der Waals surface area contributed by atoms with Gasteiger partial charge in [0.1, 0.15) is 17.2 Å². The van der Waals surface area contributed by atoms with Crippen LogP contribution in [0.3, 0.4) is 0 Å². The Labute approximate surface area is 281 Å². The summed E-state index contributed by atoms with van der Waals surface area (Å²) in [7, 11) is 0. The Bertz CT molecular complexity index is 1430. The molecule has 5 nitrogen and oxygen atoms in total. The first-order valence-electron chi connectivity index (χ1n) is 16.7. The third-order valence-corrected chi connectivity index (χ3v) is 9.00. The number of carbonyl (C=O) groups is 2. The minimum Gasteiger partial charge on any atom is -0.507 e. The van der Waals surface area contributed by atoms with Crippen molar-refractivity contribution in [3.63, 3.8) is 0 Å². The zero-order chi connectivity index (χ0) is 33.9. The number of thioether (sulfide) groups is 1. The smallest absolute Gasteiger partial charge is 0.312 e. The second-order valence-corrected chi connectivity index (χ2v) is 15.5. The molecule has 46 heavy (non-hydrogen) atoms. The molecule has 250 valence electrons. The molecule has 0 aliphatic rings. The van der Waals surface area contributed by atoms with Crippen molar-refractivity contribution in [1.82, 2.24) is 0 Å². The number of aromatic hydroxyl groups is 1. The van der Waals surface area contributed by atoms with E-state index in [1.165, 1.54) is 19.3 Å². The molecule has 0 aliphatic carbocycles. The second-order valence-electron chi connectivity index (χ2n) is 14.3. The molecule has 0 saturated heterocycles. The molecule has 0 fully saturated rings. The lowest BCUT2D eigenvalue weighted by Crippen LogP contribution is -2.18. The van der Waals surface area contributed by atoms with Crippen molar-refractivity contribution in [2.24, 2.45) is 0 Å². The van der Waals surface area contributed by atoms with Gasteiger partial charge in [-0.25, -0.2) is 0 Å². The topological polar surface area (TPSA) is 72.8 Å². The number of carbonyl (C=O) groups excluding carboxylic acids is 2. The van der Waals surface area contributed by atoms with Crippen molar-refractivity contribution in [3.8, 4) is 17.2 Å². The Morgan fingerprint density at radius 1 is 0.739 bits per heavy atom. The zero-order valence-electron chi connectivity index (χ0n) is 29.3. The first kappa shape index (κ1) is 37.2. The van der Waals surface area contributed by atoms with Crippen molar-refractivity contribution in [1.29, 1.82) is 0 Å². The molecule has 0 amide bonds. The Morgan fingerprint density at radius 2 is 1.30 bits per heavy atom. The second kappa shape index (κ2) is 17.1. The minimum atomic E-state index is -0.298. The molecule has 0 aromatic heterocycles. The van der Waals surface area contributed by atoms with Crippen molar-refractivity contribution in [2.45, 2.75) is 118 Å². The number of esters is 2. The van der Waals surface area contributed by atoms with E-state index in [9.17, 15) is 14.7 Å². The quantitative estimate of drug-likeness (QED) is 0.101. The average Bonchev–Trinajstić information content (AvgIpc) is 2.97. The number of benzene rings is 3. The van der Waals surface area contributed by atoms with Crippen molar-refractivity contribution in [2.75, 3.05) is 11.5 Å². The fourth-order valence-corrected chi connectivity index (χ4v) is 6.24. The van der Waals surface area contributed by atoms with E-state index in [1.54, 1.807) is 11.8 Å². The lowest BCUT2D eigenvalue weighted by Gasteiger charge is -2.28. The van der Waals surface area contributed by atoms with Gasteiger partial charge >= 0.3 is 11.9 Å². The molecule has 1 N–H and O–H groups in total. The van der Waals surface area contributed by atoms with E-state index in [-0.39, 0.29) is 35.6 Å². The van der Waals surface area contributed by atoms with Crippen LogP contribution in [0.1, 0.15) is 120 Å². The molecule has 0 unspecified atom stereocenters. The van der Waals surface area contributed by atoms with Crippen LogP contribution in [0.2, 0.25) is 0 Å². The maximum absolute atomic E-state index is 12.9. The normalized spacial score (nSPS) is 11.8. The molecular weight excluding hydrogens is 593 g/mol. The van der Waals surface area contributed by atoms with Crippen LogP contribution in [-0.4, -0.2) is 28.6 Å². The predicted molar refractivity (Wildman–Crippen MR) is 192 cm³/mol. The summed E-state index contributed by atoms with van der Waals surface area (Å²) < 4.78 is 11.5. The molecule has 3 aromatic rings. The monoisotopic (exact) mass is 646 g/mol. The summed E-state index contributed by atoms with van der Waals surface area (Å²) in [6.45, 7) is 16.9. The lowest BCUT2D eigenvalue weighted by molar-refractivity contribution is -0.134. The van der Waals surface area contributed by atoms with Crippen molar-refractivity contribution < 1.29 is 24.2 Å². The molecule has 3 aromatic carbocycles. The molecule has 0 saturated carbocycles. The number of hydrogen-bond acceptors (Lipinski definition) is 6. The molecule has 0 aliphatic heterocycles. The number of ether oxygens (including phenoxy) is 2. The summed E-state index contributed by atoms with van der Waals surface area (Å²) in [5.74, 6) is 2.15. The number of para-hydroxylation sites is 1. The highest BCUT2D eigenvalue weighted by Crippen LogP contribution is 2.40. The van der Waals surface area contributed by atoms with Crippen molar-refractivity contribution in [3.05, 3.63) is 88.0 Å². The van der Waals surface area contributed by atoms with Crippen LogP contribution in [0.25, 0.3) is 0 Å². The third-order valence-electron chi connectivity index (χ3n) is 8.02. The van der Waals surface area contributed by atoms with Gasteiger partial charge in [0.25, 0.3) is 0 Å². The van der Waals surface area contributed by atoms with Crippen LogP contribution in [-0.2, 0) is 33.3 Å². The van der Waals surface area contributed by atoms with Gasteiger partial charge in [-0.15, -0.1) is 0 Å². The summed E-state index contributed by atoms with van der Waals surface area (Å²) >= 11 is 1.55. The van der Waals surface area contributed by atoms with Crippen LogP contribution < -0.4 is 9.47 Å². The van der Waals surface area contributed by atoms with Gasteiger partial charge in [0.05, 0.1) is 12.8 Å². The van der Waals surface area contributed by atoms with E-state index in [2.05, 4.69) is 66.7 Å². The summed E-state index contributed by atoms with van der Waals surface area (Å²) in [5.41, 5.74) is 5.53. The molecule has 0 spiro atoms.